The molecule has 0 bridgehead atoms. The molecule has 2 aromatic rings. The first-order valence-electron chi connectivity index (χ1n) is 5.92. The lowest BCUT2D eigenvalue weighted by Crippen LogP contribution is -2.15. The topological polar surface area (TPSA) is 96.0 Å². The third-order valence-electron chi connectivity index (χ3n) is 2.95. The van der Waals surface area contributed by atoms with E-state index in [0.717, 1.165) is 0 Å². The highest BCUT2D eigenvalue weighted by Gasteiger charge is 2.20. The Morgan fingerprint density at radius 2 is 1.95 bits per heavy atom. The van der Waals surface area contributed by atoms with E-state index in [9.17, 15) is 8.42 Å². The Morgan fingerprint density at radius 3 is 2.62 bits per heavy atom. The minimum atomic E-state index is -3.83. The maximum Gasteiger partial charge on any atom is 0.262 e. The van der Waals surface area contributed by atoms with Gasteiger partial charge in [-0.25, -0.2) is 8.42 Å². The standard InChI is InChI=1S/C14H12BrN3O2S/c1-9-12(17)6-11(15)7-14(9)21(19,20)18-13-5-3-2-4-10(13)8-16/h2-7,18H,17H2,1H3. The highest BCUT2D eigenvalue weighted by Crippen LogP contribution is 2.28. The van der Waals surface area contributed by atoms with Gasteiger partial charge in [-0.1, -0.05) is 28.1 Å². The van der Waals surface area contributed by atoms with Crippen LogP contribution < -0.4 is 10.5 Å². The van der Waals surface area contributed by atoms with Crippen molar-refractivity contribution in [3.63, 3.8) is 0 Å². The monoisotopic (exact) mass is 365 g/mol. The molecule has 0 radical (unpaired) electrons. The Morgan fingerprint density at radius 1 is 1.29 bits per heavy atom. The molecule has 2 aromatic carbocycles. The van der Waals surface area contributed by atoms with E-state index in [1.807, 2.05) is 6.07 Å². The Bertz CT molecular complexity index is 842. The van der Waals surface area contributed by atoms with E-state index in [0.29, 0.717) is 15.7 Å². The molecule has 0 atom stereocenters. The number of nitrogens with zero attached hydrogens (tertiary/aromatic N) is 1. The molecule has 5 nitrogen and oxygen atoms in total. The van der Waals surface area contributed by atoms with E-state index >= 15 is 0 Å². The molecule has 0 saturated heterocycles. The third kappa shape index (κ3) is 3.17. The van der Waals surface area contributed by atoms with Crippen molar-refractivity contribution in [1.29, 1.82) is 5.26 Å². The predicted molar refractivity (Wildman–Crippen MR) is 85.3 cm³/mol. The zero-order chi connectivity index (χ0) is 15.6. The average Bonchev–Trinajstić information content (AvgIpc) is 2.43. The molecular formula is C14H12BrN3O2S. The lowest BCUT2D eigenvalue weighted by molar-refractivity contribution is 0.600. The van der Waals surface area contributed by atoms with Gasteiger partial charge in [0, 0.05) is 10.2 Å². The number of nitrogens with one attached hydrogen (secondary N) is 1. The van der Waals surface area contributed by atoms with Crippen molar-refractivity contribution in [2.75, 3.05) is 10.5 Å². The molecule has 7 heteroatoms. The summed E-state index contributed by atoms with van der Waals surface area (Å²) in [7, 11) is -3.83. The van der Waals surface area contributed by atoms with Crippen molar-refractivity contribution < 1.29 is 8.42 Å². The van der Waals surface area contributed by atoms with Gasteiger partial charge >= 0.3 is 0 Å². The minimum Gasteiger partial charge on any atom is -0.398 e. The lowest BCUT2D eigenvalue weighted by atomic mass is 10.2. The second-order valence-corrected chi connectivity index (χ2v) is 6.95. The molecule has 0 aliphatic rings. The Balaban J connectivity index is 2.52. The smallest absolute Gasteiger partial charge is 0.262 e. The van der Waals surface area contributed by atoms with Crippen molar-refractivity contribution in [2.24, 2.45) is 0 Å². The Hall–Kier alpha value is -2.04. The van der Waals surface area contributed by atoms with E-state index in [4.69, 9.17) is 11.0 Å². The molecular weight excluding hydrogens is 354 g/mol. The summed E-state index contributed by atoms with van der Waals surface area (Å²) >= 11 is 3.23. The predicted octanol–water partition coefficient (Wildman–Crippen LogP) is 3.01. The van der Waals surface area contributed by atoms with Gasteiger partial charge in [-0.3, -0.25) is 4.72 Å². The summed E-state index contributed by atoms with van der Waals surface area (Å²) in [5, 5.41) is 9.02. The third-order valence-corrected chi connectivity index (χ3v) is 4.90. The van der Waals surface area contributed by atoms with Crippen LogP contribution in [-0.2, 0) is 10.0 Å². The van der Waals surface area contributed by atoms with E-state index in [1.165, 1.54) is 12.1 Å². The van der Waals surface area contributed by atoms with Crippen molar-refractivity contribution in [2.45, 2.75) is 11.8 Å². The van der Waals surface area contributed by atoms with Crippen LogP contribution in [0.4, 0.5) is 11.4 Å². The van der Waals surface area contributed by atoms with Crippen LogP contribution in [0, 0.1) is 18.3 Å². The molecule has 21 heavy (non-hydrogen) atoms. The van der Waals surface area contributed by atoms with E-state index in [1.54, 1.807) is 31.2 Å². The van der Waals surface area contributed by atoms with E-state index in [2.05, 4.69) is 20.7 Å². The second kappa shape index (κ2) is 5.76. The first-order chi connectivity index (χ1) is 9.85. The summed E-state index contributed by atoms with van der Waals surface area (Å²) in [5.74, 6) is 0. The first kappa shape index (κ1) is 15.4. The fourth-order valence-electron chi connectivity index (χ4n) is 1.82. The van der Waals surface area contributed by atoms with Crippen LogP contribution in [0.15, 0.2) is 45.8 Å². The molecule has 0 heterocycles. The van der Waals surface area contributed by atoms with Gasteiger partial charge in [-0.2, -0.15) is 5.26 Å². The second-order valence-electron chi connectivity index (χ2n) is 4.38. The number of rotatable bonds is 3. The van der Waals surface area contributed by atoms with Gasteiger partial charge in [0.25, 0.3) is 10.0 Å². The Kier molecular flexibility index (Phi) is 4.21. The van der Waals surface area contributed by atoms with Gasteiger partial charge in [-0.15, -0.1) is 0 Å². The van der Waals surface area contributed by atoms with Crippen molar-refractivity contribution in [3.8, 4) is 6.07 Å². The Labute approximate surface area is 131 Å². The summed E-state index contributed by atoms with van der Waals surface area (Å²) in [6, 6.07) is 11.5. The summed E-state index contributed by atoms with van der Waals surface area (Å²) < 4.78 is 28.0. The number of nitriles is 1. The van der Waals surface area contributed by atoms with Crippen LogP contribution in [0.3, 0.4) is 0 Å². The van der Waals surface area contributed by atoms with Gasteiger partial charge in [0.1, 0.15) is 6.07 Å². The van der Waals surface area contributed by atoms with Crippen LogP contribution in [0.2, 0.25) is 0 Å². The van der Waals surface area contributed by atoms with Gasteiger partial charge in [0.15, 0.2) is 0 Å². The molecule has 0 spiro atoms. The molecule has 0 fully saturated rings. The molecule has 108 valence electrons. The zero-order valence-electron chi connectivity index (χ0n) is 11.1. The summed E-state index contributed by atoms with van der Waals surface area (Å²) in [6.45, 7) is 1.63. The largest absolute Gasteiger partial charge is 0.398 e. The molecule has 0 aromatic heterocycles. The van der Waals surface area contributed by atoms with Crippen LogP contribution >= 0.6 is 15.9 Å². The number of halogens is 1. The normalized spacial score (nSPS) is 10.9. The summed E-state index contributed by atoms with van der Waals surface area (Å²) in [4.78, 5) is 0.0714. The fraction of sp³-hybridized carbons (Fsp3) is 0.0714. The highest BCUT2D eigenvalue weighted by molar-refractivity contribution is 9.10. The van der Waals surface area contributed by atoms with Gasteiger partial charge < -0.3 is 5.73 Å². The SMILES string of the molecule is Cc1c(N)cc(Br)cc1S(=O)(=O)Nc1ccccc1C#N. The number of benzene rings is 2. The van der Waals surface area contributed by atoms with Crippen molar-refractivity contribution >= 4 is 37.3 Å². The average molecular weight is 366 g/mol. The summed E-state index contributed by atoms with van der Waals surface area (Å²) in [6.07, 6.45) is 0. The molecule has 3 N–H and O–H groups in total. The minimum absolute atomic E-state index is 0.0714. The number of nitrogen functional groups attached to an aromatic ring is 1. The summed E-state index contributed by atoms with van der Waals surface area (Å²) in [5.41, 5.74) is 7.11. The maximum absolute atomic E-state index is 12.5. The van der Waals surface area contributed by atoms with Crippen molar-refractivity contribution in [3.05, 3.63) is 52.0 Å². The molecule has 0 amide bonds. The van der Waals surface area contributed by atoms with Crippen LogP contribution in [-0.4, -0.2) is 8.42 Å². The van der Waals surface area contributed by atoms with E-state index < -0.39 is 10.0 Å². The molecule has 2 rings (SSSR count). The quantitative estimate of drug-likeness (QED) is 0.817. The number of hydrogen-bond acceptors (Lipinski definition) is 4. The van der Waals surface area contributed by atoms with Crippen LogP contribution in [0.5, 0.6) is 0 Å². The lowest BCUT2D eigenvalue weighted by Gasteiger charge is -2.13. The van der Waals surface area contributed by atoms with Gasteiger partial charge in [-0.05, 0) is 36.8 Å². The zero-order valence-corrected chi connectivity index (χ0v) is 13.5. The number of anilines is 2. The molecule has 0 saturated carbocycles. The molecule has 0 unspecified atom stereocenters. The maximum atomic E-state index is 12.5. The fourth-order valence-corrected chi connectivity index (χ4v) is 3.83. The number of hydrogen-bond donors (Lipinski definition) is 2. The first-order valence-corrected chi connectivity index (χ1v) is 8.20. The van der Waals surface area contributed by atoms with Crippen molar-refractivity contribution in [1.82, 2.24) is 0 Å². The van der Waals surface area contributed by atoms with Gasteiger partial charge in [0.2, 0.25) is 0 Å². The van der Waals surface area contributed by atoms with E-state index in [-0.39, 0.29) is 16.1 Å². The van der Waals surface area contributed by atoms with Crippen LogP contribution in [0.25, 0.3) is 0 Å². The highest BCUT2D eigenvalue weighted by atomic mass is 79.9. The molecule has 0 aliphatic heterocycles. The number of para-hydroxylation sites is 1. The van der Waals surface area contributed by atoms with Gasteiger partial charge in [0.05, 0.1) is 16.1 Å². The van der Waals surface area contributed by atoms with Crippen LogP contribution in [0.1, 0.15) is 11.1 Å². The number of nitrogens with two attached hydrogens (primary N) is 1. The number of sulfonamides is 1. The molecule has 0 aliphatic carbocycles.